The van der Waals surface area contributed by atoms with Crippen LogP contribution in [-0.4, -0.2) is 0 Å². The number of hydrogen-bond donors (Lipinski definition) is 0. The van der Waals surface area contributed by atoms with Gasteiger partial charge in [-0.05, 0) is 0 Å². The second-order valence-electron chi connectivity index (χ2n) is 9.93. The van der Waals surface area contributed by atoms with Crippen LogP contribution in [0.5, 0.6) is 0 Å². The number of rotatable bonds is 5. The monoisotopic (exact) mass is 556 g/mol. The van der Waals surface area contributed by atoms with Gasteiger partial charge in [-0.25, -0.2) is 0 Å². The van der Waals surface area contributed by atoms with Gasteiger partial charge in [0, 0.05) is 0 Å². The number of benzene rings is 7. The van der Waals surface area contributed by atoms with Crippen molar-refractivity contribution in [2.75, 3.05) is 0 Å². The summed E-state index contributed by atoms with van der Waals surface area (Å²) in [5.41, 5.74) is 1.37. The molecule has 0 heterocycles. The van der Waals surface area contributed by atoms with Crippen LogP contribution in [0.1, 0.15) is 5.56 Å². The Balaban J connectivity index is 1.60. The molecule has 7 aromatic carbocycles. The minimum absolute atomic E-state index is 0.887. The maximum absolute atomic E-state index is 4.65. The summed E-state index contributed by atoms with van der Waals surface area (Å²) < 4.78 is 0. The van der Waals surface area contributed by atoms with E-state index in [2.05, 4.69) is 161 Å². The van der Waals surface area contributed by atoms with Gasteiger partial charge in [0.1, 0.15) is 0 Å². The molecule has 0 radical (unpaired) electrons. The first-order chi connectivity index (χ1) is 18.2. The molecule has 0 atom stereocenters. The van der Waals surface area contributed by atoms with Gasteiger partial charge in [0.2, 0.25) is 0 Å². The predicted octanol–water partition coefficient (Wildman–Crippen LogP) is 8.92. The van der Waals surface area contributed by atoms with Gasteiger partial charge < -0.3 is 0 Å². The third-order valence-electron chi connectivity index (χ3n) is 7.97. The normalized spacial score (nSPS) is 13.2. The summed E-state index contributed by atoms with van der Waals surface area (Å²) in [6.45, 7) is 0. The van der Waals surface area contributed by atoms with Crippen molar-refractivity contribution in [3.05, 3.63) is 151 Å². The van der Waals surface area contributed by atoms with E-state index in [-0.39, 0.29) is 0 Å². The van der Waals surface area contributed by atoms with Crippen molar-refractivity contribution in [3.63, 3.8) is 0 Å². The number of hydrogen-bond acceptors (Lipinski definition) is 0. The molecule has 0 spiro atoms. The van der Waals surface area contributed by atoms with Crippen LogP contribution in [-0.2, 0) is 6.16 Å². The predicted molar refractivity (Wildman–Crippen MR) is 168 cm³/mol. The molecule has 37 heavy (non-hydrogen) atoms. The molecule has 0 amide bonds. The molecule has 2 heteroatoms. The molecule has 7 rings (SSSR count). The molecule has 0 aliphatic carbocycles. The van der Waals surface area contributed by atoms with Gasteiger partial charge in [-0.3, -0.25) is 0 Å². The van der Waals surface area contributed by atoms with E-state index in [1.54, 1.807) is 0 Å². The molecule has 0 saturated carbocycles. The van der Waals surface area contributed by atoms with Crippen LogP contribution >= 0.6 is 20.8 Å². The first-order valence-corrected chi connectivity index (χ1v) is 17.2. The first kappa shape index (κ1) is 22.7. The Morgan fingerprint density at radius 3 is 1.35 bits per heavy atom. The van der Waals surface area contributed by atoms with Crippen molar-refractivity contribution < 1.29 is 0 Å². The van der Waals surface area contributed by atoms with Crippen molar-refractivity contribution in [2.24, 2.45) is 0 Å². The Morgan fingerprint density at radius 2 is 0.838 bits per heavy atom. The van der Waals surface area contributed by atoms with Crippen LogP contribution in [0, 0.1) is 0 Å². The fraction of sp³-hybridized carbons (Fsp3) is 0.0286. The average molecular weight is 557 g/mol. The molecule has 0 aromatic heterocycles. The second kappa shape index (κ2) is 8.52. The van der Waals surface area contributed by atoms with Gasteiger partial charge in [0.05, 0.1) is 0 Å². The van der Waals surface area contributed by atoms with E-state index in [1.807, 2.05) is 0 Å². The molecule has 0 N–H and O–H groups in total. The molecule has 0 aliphatic rings. The van der Waals surface area contributed by atoms with Crippen molar-refractivity contribution in [2.45, 2.75) is 6.16 Å². The van der Waals surface area contributed by atoms with Crippen LogP contribution in [0.25, 0.3) is 32.3 Å². The Bertz CT molecular complexity index is 1750. The van der Waals surface area contributed by atoms with E-state index < -0.39 is 5.31 Å². The van der Waals surface area contributed by atoms with Crippen molar-refractivity contribution >= 4 is 69.0 Å². The zero-order chi connectivity index (χ0) is 24.9. The minimum atomic E-state index is -3.09. The Morgan fingerprint density at radius 1 is 0.405 bits per heavy atom. The second-order valence-corrected chi connectivity index (χ2v) is 18.9. The van der Waals surface area contributed by atoms with E-state index >= 15 is 0 Å². The van der Waals surface area contributed by atoms with Gasteiger partial charge in [-0.2, -0.15) is 0 Å². The molecule has 178 valence electrons. The van der Waals surface area contributed by atoms with Gasteiger partial charge in [-0.1, -0.05) is 0 Å². The zero-order valence-corrected chi connectivity index (χ0v) is 22.9. The van der Waals surface area contributed by atoms with Crippen LogP contribution in [0.2, 0.25) is 0 Å². The summed E-state index contributed by atoms with van der Waals surface area (Å²) in [5, 5.41) is 8.94. The first-order valence-electron chi connectivity index (χ1n) is 12.7. The summed E-state index contributed by atoms with van der Waals surface area (Å²) >= 11 is 4.65. The molecular weight excluding hydrogens is 531 g/mol. The summed E-state index contributed by atoms with van der Waals surface area (Å²) in [6.07, 6.45) is 0.887. The quantitative estimate of drug-likeness (QED) is 0.146. The third-order valence-corrected chi connectivity index (χ3v) is 17.5. The van der Waals surface area contributed by atoms with Gasteiger partial charge in [0.25, 0.3) is 0 Å². The summed E-state index contributed by atoms with van der Waals surface area (Å²) in [5.74, 6) is 0. The fourth-order valence-corrected chi connectivity index (χ4v) is 13.9. The van der Waals surface area contributed by atoms with E-state index in [4.69, 9.17) is 0 Å². The molecule has 0 unspecified atom stereocenters. The molecule has 0 nitrogen and oxygen atoms in total. The Hall–Kier alpha value is -3.51. The van der Waals surface area contributed by atoms with E-state index in [0.29, 0.717) is 0 Å². The van der Waals surface area contributed by atoms with Gasteiger partial charge in [-0.15, -0.1) is 0 Å². The van der Waals surface area contributed by atoms with Crippen LogP contribution in [0.3, 0.4) is 0 Å². The Labute approximate surface area is 225 Å². The van der Waals surface area contributed by atoms with Crippen molar-refractivity contribution in [1.29, 1.82) is 0 Å². The molecule has 0 bridgehead atoms. The average Bonchev–Trinajstić information content (AvgIpc) is 2.98. The topological polar surface area (TPSA) is 0 Å². The molecule has 0 saturated heterocycles. The third kappa shape index (κ3) is 3.31. The van der Waals surface area contributed by atoms with E-state index in [9.17, 15) is 0 Å². The molecule has 7 aromatic rings. The summed E-state index contributed by atoms with van der Waals surface area (Å²) in [4.78, 5) is 0. The molecule has 0 aliphatic heterocycles. The standard InChI is InChI=1S/C35H26BrP/c36-37(30-13-4-1-5-14-30,31-15-6-2-7-16-31,32-17-8-3-9-18-32)25-29-22-21-28-20-19-26-11-10-12-27-23-24-33(29)35(28)34(26)27/h1-24H,25H2. The maximum atomic E-state index is 4.65. The SMILES string of the molecule is BrP(Cc1ccc2ccc3cccc4ccc1c2c34)(c1ccccc1)(c1ccccc1)c1ccccc1. The van der Waals surface area contributed by atoms with Crippen LogP contribution in [0.15, 0.2) is 146 Å². The van der Waals surface area contributed by atoms with Crippen molar-refractivity contribution in [1.82, 2.24) is 0 Å². The molecular formula is C35H26BrP. The number of halogens is 1. The van der Waals surface area contributed by atoms with Gasteiger partial charge >= 0.3 is 226 Å². The Kier molecular flexibility index (Phi) is 5.22. The van der Waals surface area contributed by atoms with E-state index in [0.717, 1.165) is 6.16 Å². The van der Waals surface area contributed by atoms with Gasteiger partial charge in [0.15, 0.2) is 0 Å². The fourth-order valence-electron chi connectivity index (χ4n) is 6.19. The van der Waals surface area contributed by atoms with Crippen LogP contribution in [0.4, 0.5) is 0 Å². The van der Waals surface area contributed by atoms with E-state index in [1.165, 1.54) is 53.8 Å². The zero-order valence-electron chi connectivity index (χ0n) is 20.4. The van der Waals surface area contributed by atoms with Crippen LogP contribution < -0.4 is 15.9 Å². The summed E-state index contributed by atoms with van der Waals surface area (Å²) in [6, 6.07) is 53.7. The molecule has 0 fully saturated rings. The van der Waals surface area contributed by atoms with Crippen molar-refractivity contribution in [3.8, 4) is 0 Å². The summed E-state index contributed by atoms with van der Waals surface area (Å²) in [7, 11) is 0.